The van der Waals surface area contributed by atoms with Gasteiger partial charge in [0.1, 0.15) is 0 Å². The summed E-state index contributed by atoms with van der Waals surface area (Å²) in [5, 5.41) is 0. The average molecular weight is 1010 g/mol. The molecule has 0 atom stereocenters. The normalized spacial score (nSPS) is 11.7. The van der Waals surface area contributed by atoms with Crippen LogP contribution in [0.5, 0.6) is 0 Å². The van der Waals surface area contributed by atoms with E-state index in [1.807, 2.05) is 0 Å². The first kappa shape index (κ1) is 62.2. The van der Waals surface area contributed by atoms with Gasteiger partial charge in [-0.1, -0.05) is 193 Å². The minimum absolute atomic E-state index is 0. The molecule has 0 amide bonds. The second kappa shape index (κ2) is 47.3. The van der Waals surface area contributed by atoms with Crippen LogP contribution in [0.25, 0.3) is 0 Å². The Kier molecular flexibility index (Phi) is 56.6. The quantitative estimate of drug-likeness (QED) is 0.0260. The van der Waals surface area contributed by atoms with Gasteiger partial charge in [-0.2, -0.15) is 0 Å². The third kappa shape index (κ3) is 55.7. The molecular formula is C36H78O6P3S6Sb. The van der Waals surface area contributed by atoms with Gasteiger partial charge >= 0.3 is 24.4 Å². The molecule has 2 radical (unpaired) electrons. The predicted octanol–water partition coefficient (Wildman–Crippen LogP) is 14.5. The molecule has 0 aromatic heterocycles. The molecule has 0 bridgehead atoms. The fourth-order valence-electron chi connectivity index (χ4n) is 4.34. The van der Waals surface area contributed by atoms with Gasteiger partial charge in [0, 0.05) is 0 Å². The van der Waals surface area contributed by atoms with Crippen molar-refractivity contribution in [3.8, 4) is 0 Å². The van der Waals surface area contributed by atoms with Gasteiger partial charge in [-0.15, -0.1) is 0 Å². The number of rotatable bonds is 36. The van der Waals surface area contributed by atoms with Crippen molar-refractivity contribution >= 4 is 114 Å². The van der Waals surface area contributed by atoms with Crippen molar-refractivity contribution in [2.45, 2.75) is 196 Å². The van der Waals surface area contributed by atoms with E-state index in [0.717, 1.165) is 38.5 Å². The van der Waals surface area contributed by atoms with E-state index in [1.165, 1.54) is 116 Å². The zero-order valence-corrected chi connectivity index (χ0v) is 44.0. The third-order valence-corrected chi connectivity index (χ3v) is 14.3. The van der Waals surface area contributed by atoms with E-state index in [-0.39, 0.29) is 24.4 Å². The molecule has 0 aromatic rings. The summed E-state index contributed by atoms with van der Waals surface area (Å²) in [7, 11) is 0. The van der Waals surface area contributed by atoms with Crippen LogP contribution in [-0.2, 0) is 99.3 Å². The van der Waals surface area contributed by atoms with Gasteiger partial charge in [-0.3, -0.25) is 0 Å². The van der Waals surface area contributed by atoms with Gasteiger partial charge in [0.05, 0.1) is 56.7 Å². The van der Waals surface area contributed by atoms with Gasteiger partial charge in [-0.05, 0) is 38.5 Å². The Balaban J connectivity index is -0.000000329. The Bertz CT molecular complexity index is 696. The van der Waals surface area contributed by atoms with Crippen LogP contribution < -0.4 is 0 Å². The topological polar surface area (TPSA) is 55.4 Å². The summed E-state index contributed by atoms with van der Waals surface area (Å²) in [6.07, 6.45) is 28.3. The van der Waals surface area contributed by atoms with Crippen molar-refractivity contribution in [3.05, 3.63) is 0 Å². The van der Waals surface area contributed by atoms with Gasteiger partial charge in [0.25, 0.3) is 0 Å². The summed E-state index contributed by atoms with van der Waals surface area (Å²) in [5.74, 6) is 0. The smallest absolute Gasteiger partial charge is 0.691 e. The van der Waals surface area contributed by atoms with Crippen molar-refractivity contribution in [1.82, 2.24) is 0 Å². The zero-order valence-electron chi connectivity index (χ0n) is 33.9. The second-order valence-corrected chi connectivity index (χ2v) is 27.7. The molecule has 0 aromatic carbocycles. The van der Waals surface area contributed by atoms with Crippen molar-refractivity contribution in [2.24, 2.45) is 0 Å². The Hall–Kier alpha value is 3.58. The summed E-state index contributed by atoms with van der Waals surface area (Å²) < 4.78 is 33.0. The fraction of sp³-hybridized carbons (Fsp3) is 1.00. The van der Waals surface area contributed by atoms with E-state index in [2.05, 4.69) is 41.5 Å². The van der Waals surface area contributed by atoms with Crippen LogP contribution in [0.1, 0.15) is 196 Å². The summed E-state index contributed by atoms with van der Waals surface area (Å²) in [4.78, 5) is 0. The van der Waals surface area contributed by atoms with E-state index in [0.29, 0.717) is 39.6 Å². The minimum Gasteiger partial charge on any atom is -0.691 e. The summed E-state index contributed by atoms with van der Waals surface area (Å²) >= 11 is 31.1. The van der Waals surface area contributed by atoms with Crippen molar-refractivity contribution in [1.29, 1.82) is 0 Å². The Morgan fingerprint density at radius 2 is 0.423 bits per heavy atom. The molecule has 314 valence electrons. The first-order valence-electron chi connectivity index (χ1n) is 20.2. The predicted molar refractivity (Wildman–Crippen MR) is 251 cm³/mol. The summed E-state index contributed by atoms with van der Waals surface area (Å²) in [6, 6.07) is 0. The van der Waals surface area contributed by atoms with Crippen molar-refractivity contribution < 1.29 is 27.1 Å². The molecule has 0 aliphatic rings. The van der Waals surface area contributed by atoms with E-state index >= 15 is 0 Å². The van der Waals surface area contributed by atoms with Crippen molar-refractivity contribution in [2.75, 3.05) is 39.6 Å². The van der Waals surface area contributed by atoms with Gasteiger partial charge in [0.2, 0.25) is 0 Å². The van der Waals surface area contributed by atoms with E-state index in [9.17, 15) is 0 Å². The van der Waals surface area contributed by atoms with Gasteiger partial charge < -0.3 is 63.9 Å². The monoisotopic (exact) mass is 1010 g/mol. The standard InChI is InChI=1S/3C12H27O2PS2.Sb/c3*1-3-5-7-9-11-13-15(16,17)14-12-10-8-6-4-2;/h3*3-12H2,1-2H3,(H,16,17);/q;;;+3/p-3. The van der Waals surface area contributed by atoms with Crippen LogP contribution in [0.2, 0.25) is 0 Å². The molecule has 0 saturated carbocycles. The van der Waals surface area contributed by atoms with Crippen molar-refractivity contribution in [3.63, 3.8) is 0 Å². The molecule has 0 N–H and O–H groups in total. The molecule has 0 saturated heterocycles. The molecule has 0 spiro atoms. The van der Waals surface area contributed by atoms with Crippen LogP contribution in [-0.4, -0.2) is 64.1 Å². The van der Waals surface area contributed by atoms with Gasteiger partial charge in [0.15, 0.2) is 0 Å². The van der Waals surface area contributed by atoms with Crippen LogP contribution in [0.4, 0.5) is 0 Å². The average Bonchev–Trinajstić information content (AvgIpc) is 3.08. The van der Waals surface area contributed by atoms with Crippen LogP contribution in [0.15, 0.2) is 0 Å². The molecule has 0 rings (SSSR count). The second-order valence-electron chi connectivity index (χ2n) is 12.7. The molecule has 0 fully saturated rings. The summed E-state index contributed by atoms with van der Waals surface area (Å²) in [5.41, 5.74) is -7.12. The third-order valence-electron chi connectivity index (χ3n) is 7.48. The first-order chi connectivity index (χ1) is 24.4. The largest absolute Gasteiger partial charge is 3.00 e. The number of unbranched alkanes of at least 4 members (excludes halogenated alkanes) is 18. The number of hydrogen-bond donors (Lipinski definition) is 0. The Morgan fingerprint density at radius 3 is 0.538 bits per heavy atom. The fourth-order valence-corrected chi connectivity index (χ4v) is 9.37. The molecule has 16 heteroatoms. The summed E-state index contributed by atoms with van der Waals surface area (Å²) in [6.45, 7) is 17.1. The van der Waals surface area contributed by atoms with Crippen LogP contribution in [0.3, 0.4) is 0 Å². The minimum atomic E-state index is -2.37. The van der Waals surface area contributed by atoms with Crippen LogP contribution in [0, 0.1) is 0 Å². The van der Waals surface area contributed by atoms with Crippen LogP contribution >= 0.6 is 17.1 Å². The SMILES string of the molecule is CCCCCCOP(=S)([S-])OCCCCCC.CCCCCCOP(=S)([S-])OCCCCCC.CCCCCCOP(=S)([S-])OCCCCCC.[Sb+3]. The maximum atomic E-state index is 5.50. The maximum absolute atomic E-state index is 5.50. The van der Waals surface area contributed by atoms with E-state index in [4.69, 9.17) is 99.3 Å². The molecule has 52 heavy (non-hydrogen) atoms. The molecule has 0 aliphatic carbocycles. The molecule has 0 unspecified atom stereocenters. The molecule has 0 aliphatic heterocycles. The molecule has 0 heterocycles. The Morgan fingerprint density at radius 1 is 0.288 bits per heavy atom. The maximum Gasteiger partial charge on any atom is 3.00 e. The van der Waals surface area contributed by atoms with E-state index in [1.54, 1.807) is 0 Å². The van der Waals surface area contributed by atoms with E-state index < -0.39 is 17.1 Å². The Labute approximate surface area is 372 Å². The number of hydrogen-bond acceptors (Lipinski definition) is 12. The first-order valence-corrected chi connectivity index (χ1v) is 31.1. The molecule has 6 nitrogen and oxygen atoms in total. The van der Waals surface area contributed by atoms with Gasteiger partial charge in [-0.25, -0.2) is 0 Å². The molecular weight excluding hydrogens is 935 g/mol. The zero-order chi connectivity index (χ0) is 39.0.